The molecule has 136 valence electrons. The van der Waals surface area contributed by atoms with Gasteiger partial charge >= 0.3 is 34.1 Å². The van der Waals surface area contributed by atoms with Crippen LogP contribution in [-0.2, 0) is 53.3 Å². The van der Waals surface area contributed by atoms with E-state index in [0.717, 1.165) is 6.08 Å². The second kappa shape index (κ2) is 13.2. The molecule has 1 rings (SSSR count). The first-order valence-corrected chi connectivity index (χ1v) is 5.78. The third-order valence-corrected chi connectivity index (χ3v) is 2.17. The molecule has 0 atom stereocenters. The van der Waals surface area contributed by atoms with Crippen LogP contribution in [0.25, 0.3) is 6.08 Å². The Hall–Kier alpha value is -2.17. The molecule has 0 aliphatic carbocycles. The molecule has 0 spiro atoms. The fourth-order valence-corrected chi connectivity index (χ4v) is 1.20. The van der Waals surface area contributed by atoms with Crippen molar-refractivity contribution in [3.8, 4) is 0 Å². The summed E-state index contributed by atoms with van der Waals surface area (Å²) >= 11 is 0. The predicted octanol–water partition coefficient (Wildman–Crippen LogP) is -6.08. The minimum Gasteiger partial charge on any atom is -0.550 e. The van der Waals surface area contributed by atoms with Crippen LogP contribution in [0.15, 0.2) is 18.6 Å². The molecule has 0 aliphatic heterocycles. The zero-order chi connectivity index (χ0) is 18.0. The number of hydrogen-bond acceptors (Lipinski definition) is 10. The zero-order valence-electron chi connectivity index (χ0n) is 12.1. The van der Waals surface area contributed by atoms with E-state index in [9.17, 15) is 39.6 Å². The molecular formula is C12H10Mn2N2O9. The molecule has 0 aromatic carbocycles. The number of hydrogen-bond donors (Lipinski definition) is 2. The third kappa shape index (κ3) is 12.9. The van der Waals surface area contributed by atoms with Crippen LogP contribution >= 0.6 is 0 Å². The third-order valence-electron chi connectivity index (χ3n) is 2.17. The van der Waals surface area contributed by atoms with Gasteiger partial charge in [-0.05, 0) is 12.2 Å². The number of nitrogens with one attached hydrogen (secondary N) is 1. The van der Waals surface area contributed by atoms with Gasteiger partial charge in [0.15, 0.2) is 0 Å². The Morgan fingerprint density at radius 1 is 1.08 bits per heavy atom. The number of imidazole rings is 1. The second-order valence-electron chi connectivity index (χ2n) is 4.08. The molecule has 1 aromatic rings. The number of aromatic amines is 1. The minimum atomic E-state index is -2.97. The number of aliphatic hydroxyl groups is 1. The maximum atomic E-state index is 10.1. The van der Waals surface area contributed by atoms with E-state index >= 15 is 0 Å². The fraction of sp³-hybridized carbons (Fsp3) is 0.250. The minimum absolute atomic E-state index is 0. The van der Waals surface area contributed by atoms with Crippen molar-refractivity contribution >= 4 is 30.0 Å². The Kier molecular flexibility index (Phi) is 14.6. The molecule has 0 fully saturated rings. The van der Waals surface area contributed by atoms with Gasteiger partial charge in [-0.2, -0.15) is 0 Å². The van der Waals surface area contributed by atoms with Crippen molar-refractivity contribution in [3.63, 3.8) is 0 Å². The van der Waals surface area contributed by atoms with Gasteiger partial charge in [0, 0.05) is 24.8 Å². The maximum absolute atomic E-state index is 10.1. The van der Waals surface area contributed by atoms with Crippen LogP contribution in [-0.4, -0.2) is 44.6 Å². The first-order valence-electron chi connectivity index (χ1n) is 5.78. The molecule has 0 saturated heterocycles. The Morgan fingerprint density at radius 3 is 1.84 bits per heavy atom. The Labute approximate surface area is 161 Å². The number of H-pyrrole nitrogens is 1. The molecule has 0 bridgehead atoms. The summed E-state index contributed by atoms with van der Waals surface area (Å²) in [6.45, 7) is 0. The monoisotopic (exact) mass is 436 g/mol. The average molecular weight is 436 g/mol. The number of rotatable bonds is 7. The van der Waals surface area contributed by atoms with Crippen molar-refractivity contribution in [1.29, 1.82) is 0 Å². The molecule has 25 heavy (non-hydrogen) atoms. The molecular weight excluding hydrogens is 426 g/mol. The first-order chi connectivity index (χ1) is 10.6. The van der Waals surface area contributed by atoms with E-state index in [0.29, 0.717) is 5.69 Å². The summed E-state index contributed by atoms with van der Waals surface area (Å²) in [5, 5.41) is 48.8. The van der Waals surface area contributed by atoms with Crippen molar-refractivity contribution in [1.82, 2.24) is 9.97 Å². The standard InChI is InChI=1S/C6H6N2O2.C6H8O7.2Mn/c9-6(10)2-1-5-3-7-4-8-5;7-3(8)1-6(13,5(11)12)2-4(9)10;;/h1-4H,(H,7,8)(H,9,10);13H,1-2H2,(H,7,8)(H,9,10)(H,11,12);;/q;;2*+2/p-4. The van der Waals surface area contributed by atoms with Gasteiger partial charge in [0.05, 0.1) is 30.2 Å². The Bertz CT molecular complexity index is 586. The van der Waals surface area contributed by atoms with E-state index in [-0.39, 0.29) is 34.1 Å². The van der Waals surface area contributed by atoms with Gasteiger partial charge in [-0.15, -0.1) is 0 Å². The number of carbonyl (C=O) groups is 4. The summed E-state index contributed by atoms with van der Waals surface area (Å²) in [6, 6.07) is 0. The van der Waals surface area contributed by atoms with Crippen LogP contribution in [0.3, 0.4) is 0 Å². The Balaban J connectivity index is -0.000000367. The molecule has 2 N–H and O–H groups in total. The molecule has 0 amide bonds. The second-order valence-corrected chi connectivity index (χ2v) is 4.08. The number of carboxylic acids is 4. The average Bonchev–Trinajstić information content (AvgIpc) is 2.87. The quantitative estimate of drug-likeness (QED) is 0.305. The van der Waals surface area contributed by atoms with Gasteiger partial charge < -0.3 is 49.7 Å². The van der Waals surface area contributed by atoms with Crippen LogP contribution < -0.4 is 20.4 Å². The number of aliphatic carboxylic acids is 4. The molecule has 1 aromatic heterocycles. The van der Waals surface area contributed by atoms with Crippen LogP contribution in [0.1, 0.15) is 18.5 Å². The van der Waals surface area contributed by atoms with Gasteiger partial charge in [-0.25, -0.2) is 4.98 Å². The normalized spacial score (nSPS) is 9.80. The van der Waals surface area contributed by atoms with Gasteiger partial charge in [0.1, 0.15) is 5.60 Å². The molecule has 0 saturated carbocycles. The van der Waals surface area contributed by atoms with Crippen molar-refractivity contribution in [2.75, 3.05) is 0 Å². The maximum Gasteiger partial charge on any atom is 2.00 e. The van der Waals surface area contributed by atoms with E-state index < -0.39 is 42.3 Å². The van der Waals surface area contributed by atoms with Crippen LogP contribution in [0.2, 0.25) is 0 Å². The fourth-order valence-electron chi connectivity index (χ4n) is 1.20. The van der Waals surface area contributed by atoms with Crippen molar-refractivity contribution in [2.45, 2.75) is 18.4 Å². The summed E-state index contributed by atoms with van der Waals surface area (Å²) in [6.07, 6.45) is 2.58. The largest absolute Gasteiger partial charge is 2.00 e. The van der Waals surface area contributed by atoms with E-state index in [4.69, 9.17) is 5.11 Å². The van der Waals surface area contributed by atoms with Gasteiger partial charge in [-0.1, -0.05) is 0 Å². The van der Waals surface area contributed by atoms with E-state index in [1.807, 2.05) is 0 Å². The number of carboxylic acid groups (broad SMARTS) is 4. The number of aromatic nitrogens is 2. The summed E-state index contributed by atoms with van der Waals surface area (Å²) in [7, 11) is 0. The number of carbonyl (C=O) groups excluding carboxylic acids is 4. The zero-order valence-corrected chi connectivity index (χ0v) is 14.5. The van der Waals surface area contributed by atoms with Crippen LogP contribution in [0.5, 0.6) is 0 Å². The van der Waals surface area contributed by atoms with Crippen LogP contribution in [0.4, 0.5) is 0 Å². The molecule has 2 radical (unpaired) electrons. The molecule has 0 aliphatic rings. The smallest absolute Gasteiger partial charge is 0.550 e. The van der Waals surface area contributed by atoms with Crippen molar-refractivity contribution in [3.05, 3.63) is 24.3 Å². The molecule has 11 nitrogen and oxygen atoms in total. The first kappa shape index (κ1) is 27.7. The van der Waals surface area contributed by atoms with Crippen LogP contribution in [0, 0.1) is 0 Å². The van der Waals surface area contributed by atoms with Crippen molar-refractivity contribution in [2.24, 2.45) is 0 Å². The summed E-state index contributed by atoms with van der Waals surface area (Å²) in [5.74, 6) is -7.20. The van der Waals surface area contributed by atoms with Crippen molar-refractivity contribution < 1.29 is 78.8 Å². The summed E-state index contributed by atoms with van der Waals surface area (Å²) in [4.78, 5) is 46.2. The predicted molar refractivity (Wildman–Crippen MR) is 61.8 cm³/mol. The van der Waals surface area contributed by atoms with Gasteiger partial charge in [-0.3, -0.25) is 0 Å². The number of nitrogens with zero attached hydrogens (tertiary/aromatic N) is 1. The van der Waals surface area contributed by atoms with E-state index in [1.54, 1.807) is 0 Å². The molecule has 13 heteroatoms. The van der Waals surface area contributed by atoms with Gasteiger partial charge in [0.2, 0.25) is 0 Å². The summed E-state index contributed by atoms with van der Waals surface area (Å²) < 4.78 is 0. The van der Waals surface area contributed by atoms with E-state index in [1.165, 1.54) is 18.6 Å². The van der Waals surface area contributed by atoms with Gasteiger partial charge in [0.25, 0.3) is 0 Å². The molecule has 0 unspecified atom stereocenters. The molecule has 1 heterocycles. The Morgan fingerprint density at radius 2 is 1.56 bits per heavy atom. The van der Waals surface area contributed by atoms with E-state index in [2.05, 4.69) is 9.97 Å². The topological polar surface area (TPSA) is 209 Å². The SMILES string of the molecule is O=C([O-])C=Cc1cnc[nH]1.O=C([O-])CC(O)(CC(=O)[O-])C(=O)[O-].[Mn+2].[Mn+2]. The summed E-state index contributed by atoms with van der Waals surface area (Å²) in [5.41, 5.74) is -2.33.